The molecule has 0 radical (unpaired) electrons. The van der Waals surface area contributed by atoms with Gasteiger partial charge in [-0.1, -0.05) is 85.3 Å². The predicted octanol–water partition coefficient (Wildman–Crippen LogP) is 7.24. The third kappa shape index (κ3) is 8.01. The highest BCUT2D eigenvalue weighted by molar-refractivity contribution is 7.92. The van der Waals surface area contributed by atoms with Gasteiger partial charge in [0.1, 0.15) is 18.4 Å². The molecule has 4 rings (SSSR count). The van der Waals surface area contributed by atoms with E-state index in [1.165, 1.54) is 23.1 Å². The molecule has 0 spiro atoms. The van der Waals surface area contributed by atoms with Gasteiger partial charge in [0, 0.05) is 28.2 Å². The monoisotopic (exact) mass is 667 g/mol. The summed E-state index contributed by atoms with van der Waals surface area (Å²) in [7, 11) is -4.32. The van der Waals surface area contributed by atoms with Crippen molar-refractivity contribution in [3.8, 4) is 0 Å². The number of rotatable bonds is 11. The van der Waals surface area contributed by atoms with Crippen LogP contribution in [0.1, 0.15) is 51.0 Å². The second-order valence-electron chi connectivity index (χ2n) is 10.4. The van der Waals surface area contributed by atoms with Crippen LogP contribution in [0.15, 0.2) is 71.6 Å². The molecule has 1 atom stereocenters. The van der Waals surface area contributed by atoms with Crippen molar-refractivity contribution in [2.75, 3.05) is 10.8 Å². The number of carbonyl (C=O) groups excluding carboxylic acids is 2. The Morgan fingerprint density at radius 1 is 0.930 bits per heavy atom. The van der Waals surface area contributed by atoms with Crippen LogP contribution in [0.2, 0.25) is 15.1 Å². The number of anilines is 1. The van der Waals surface area contributed by atoms with Gasteiger partial charge in [0.05, 0.1) is 15.6 Å². The van der Waals surface area contributed by atoms with Crippen LogP contribution in [0, 0.1) is 5.82 Å². The molecule has 2 amide bonds. The summed E-state index contributed by atoms with van der Waals surface area (Å²) in [5.41, 5.74) is 0.407. The van der Waals surface area contributed by atoms with Crippen molar-refractivity contribution in [2.45, 2.75) is 69.0 Å². The second-order valence-corrected chi connectivity index (χ2v) is 13.5. The number of benzene rings is 3. The Balaban J connectivity index is 1.75. The van der Waals surface area contributed by atoms with Gasteiger partial charge >= 0.3 is 0 Å². The molecule has 0 heterocycles. The maximum absolute atomic E-state index is 14.2. The van der Waals surface area contributed by atoms with Gasteiger partial charge in [-0.3, -0.25) is 13.9 Å². The zero-order valence-electron chi connectivity index (χ0n) is 23.6. The maximum atomic E-state index is 14.2. The van der Waals surface area contributed by atoms with Gasteiger partial charge in [0.15, 0.2) is 0 Å². The molecule has 1 N–H and O–H groups in total. The van der Waals surface area contributed by atoms with Crippen LogP contribution in [-0.4, -0.2) is 43.8 Å². The van der Waals surface area contributed by atoms with Gasteiger partial charge in [-0.25, -0.2) is 12.8 Å². The fourth-order valence-corrected chi connectivity index (χ4v) is 7.32. The highest BCUT2D eigenvalue weighted by Crippen LogP contribution is 2.30. The Hall–Kier alpha value is -2.85. The van der Waals surface area contributed by atoms with E-state index < -0.39 is 34.3 Å². The molecule has 0 saturated heterocycles. The van der Waals surface area contributed by atoms with E-state index in [-0.39, 0.29) is 40.5 Å². The molecule has 230 valence electrons. The summed E-state index contributed by atoms with van der Waals surface area (Å²) in [6.07, 6.45) is 5.07. The lowest BCUT2D eigenvalue weighted by molar-refractivity contribution is -0.140. The van der Waals surface area contributed by atoms with E-state index >= 15 is 0 Å². The minimum absolute atomic E-state index is 0.00697. The second kappa shape index (κ2) is 14.8. The van der Waals surface area contributed by atoms with Crippen LogP contribution >= 0.6 is 34.8 Å². The molecule has 1 unspecified atom stereocenters. The number of hydrogen-bond donors (Lipinski definition) is 1. The van der Waals surface area contributed by atoms with Crippen molar-refractivity contribution in [3.63, 3.8) is 0 Å². The number of hydrogen-bond acceptors (Lipinski definition) is 4. The Morgan fingerprint density at radius 2 is 1.58 bits per heavy atom. The average molecular weight is 669 g/mol. The summed E-state index contributed by atoms with van der Waals surface area (Å²) in [5.74, 6) is -1.76. The molecule has 1 aliphatic carbocycles. The van der Waals surface area contributed by atoms with E-state index in [9.17, 15) is 22.4 Å². The van der Waals surface area contributed by atoms with E-state index in [1.807, 2.05) is 0 Å². The highest BCUT2D eigenvalue weighted by Gasteiger charge is 2.35. The van der Waals surface area contributed by atoms with Crippen LogP contribution in [-0.2, 0) is 26.2 Å². The average Bonchev–Trinajstić information content (AvgIpc) is 2.99. The number of halogens is 4. The highest BCUT2D eigenvalue weighted by atomic mass is 35.5. The van der Waals surface area contributed by atoms with Crippen molar-refractivity contribution in [3.05, 3.63) is 93.2 Å². The van der Waals surface area contributed by atoms with E-state index in [2.05, 4.69) is 5.32 Å². The zero-order valence-corrected chi connectivity index (χ0v) is 26.7. The van der Waals surface area contributed by atoms with Crippen LogP contribution in [0.25, 0.3) is 0 Å². The number of nitrogens with zero attached hydrogens (tertiary/aromatic N) is 2. The summed E-state index contributed by atoms with van der Waals surface area (Å²) in [4.78, 5) is 29.1. The summed E-state index contributed by atoms with van der Waals surface area (Å²) in [6, 6.07) is 14.9. The standard InChI is InChI=1S/C31H33Cl3FN3O4S/c1-2-29(31(40)36-21-10-5-3-6-11-21)37(19-24-25(32)14-9-15-26(24)33)30(39)20-38(22-16-17-28(35)27(34)18-22)43(41,42)23-12-7-4-8-13-23/h4,7-9,12-18,21,29H,2-3,5-6,10-11,19-20H2,1H3,(H,36,40). The lowest BCUT2D eigenvalue weighted by Crippen LogP contribution is -2.54. The first-order valence-corrected chi connectivity index (χ1v) is 16.7. The fourth-order valence-electron chi connectivity index (χ4n) is 5.21. The summed E-state index contributed by atoms with van der Waals surface area (Å²) < 4.78 is 42.7. The van der Waals surface area contributed by atoms with Gasteiger partial charge in [-0.2, -0.15) is 0 Å². The van der Waals surface area contributed by atoms with E-state index in [0.29, 0.717) is 15.6 Å². The van der Waals surface area contributed by atoms with Crippen LogP contribution in [0.3, 0.4) is 0 Å². The fraction of sp³-hybridized carbons (Fsp3) is 0.355. The Labute approximate surface area is 267 Å². The number of carbonyl (C=O) groups is 2. The minimum atomic E-state index is -4.32. The Morgan fingerprint density at radius 3 is 2.19 bits per heavy atom. The molecule has 1 fully saturated rings. The Kier molecular flexibility index (Phi) is 11.3. The topological polar surface area (TPSA) is 86.8 Å². The van der Waals surface area contributed by atoms with E-state index in [0.717, 1.165) is 48.5 Å². The van der Waals surface area contributed by atoms with Crippen LogP contribution in [0.5, 0.6) is 0 Å². The molecule has 0 aromatic heterocycles. The molecule has 1 aliphatic rings. The SMILES string of the molecule is CCC(C(=O)NC1CCCCC1)N(Cc1c(Cl)cccc1Cl)C(=O)CN(c1ccc(F)c(Cl)c1)S(=O)(=O)c1ccccc1. The quantitative estimate of drug-likeness (QED) is 0.234. The van der Waals surface area contributed by atoms with Gasteiger partial charge < -0.3 is 10.2 Å². The molecule has 3 aromatic carbocycles. The van der Waals surface area contributed by atoms with Crippen molar-refractivity contribution in [1.82, 2.24) is 10.2 Å². The summed E-state index contributed by atoms with van der Waals surface area (Å²) >= 11 is 19.0. The molecule has 7 nitrogen and oxygen atoms in total. The first-order valence-electron chi connectivity index (χ1n) is 14.1. The lowest BCUT2D eigenvalue weighted by Gasteiger charge is -2.34. The summed E-state index contributed by atoms with van der Waals surface area (Å²) in [6.45, 7) is 0.934. The normalized spacial score (nSPS) is 14.6. The van der Waals surface area contributed by atoms with Crippen molar-refractivity contribution in [2.24, 2.45) is 0 Å². The molecule has 12 heteroatoms. The van der Waals surface area contributed by atoms with Crippen LogP contribution in [0.4, 0.5) is 10.1 Å². The maximum Gasteiger partial charge on any atom is 0.264 e. The van der Waals surface area contributed by atoms with Gasteiger partial charge in [-0.05, 0) is 61.7 Å². The van der Waals surface area contributed by atoms with Gasteiger partial charge in [0.25, 0.3) is 10.0 Å². The minimum Gasteiger partial charge on any atom is -0.352 e. The molecule has 43 heavy (non-hydrogen) atoms. The third-order valence-corrected chi connectivity index (χ3v) is 10.3. The molecular weight excluding hydrogens is 636 g/mol. The van der Waals surface area contributed by atoms with Crippen molar-refractivity contribution in [1.29, 1.82) is 0 Å². The number of sulfonamides is 1. The van der Waals surface area contributed by atoms with Crippen molar-refractivity contribution >= 4 is 62.3 Å². The van der Waals surface area contributed by atoms with Gasteiger partial charge in [-0.15, -0.1) is 0 Å². The number of nitrogens with one attached hydrogen (secondary N) is 1. The molecule has 0 bridgehead atoms. The van der Waals surface area contributed by atoms with Crippen molar-refractivity contribution < 1.29 is 22.4 Å². The predicted molar refractivity (Wildman–Crippen MR) is 168 cm³/mol. The lowest BCUT2D eigenvalue weighted by atomic mass is 9.95. The smallest absolute Gasteiger partial charge is 0.264 e. The molecule has 0 aliphatic heterocycles. The molecular formula is C31H33Cl3FN3O4S. The van der Waals surface area contributed by atoms with Gasteiger partial charge in [0.2, 0.25) is 11.8 Å². The zero-order chi connectivity index (χ0) is 31.1. The number of amides is 2. The molecule has 3 aromatic rings. The summed E-state index contributed by atoms with van der Waals surface area (Å²) in [5, 5.41) is 3.37. The molecule has 1 saturated carbocycles. The van der Waals surface area contributed by atoms with E-state index in [1.54, 1.807) is 43.3 Å². The third-order valence-electron chi connectivity index (χ3n) is 7.53. The first kappa shape index (κ1) is 33.1. The largest absolute Gasteiger partial charge is 0.352 e. The Bertz CT molecular complexity index is 1530. The van der Waals surface area contributed by atoms with E-state index in [4.69, 9.17) is 34.8 Å². The first-order chi connectivity index (χ1) is 20.5. The van der Waals surface area contributed by atoms with Crippen LogP contribution < -0.4 is 9.62 Å².